The fourth-order valence-electron chi connectivity index (χ4n) is 1.68. The van der Waals surface area contributed by atoms with Gasteiger partial charge < -0.3 is 14.3 Å². The highest BCUT2D eigenvalue weighted by molar-refractivity contribution is 7.89. The van der Waals surface area contributed by atoms with E-state index in [1.54, 1.807) is 6.07 Å². The molecule has 0 bridgehead atoms. The Kier molecular flexibility index (Phi) is 4.43. The van der Waals surface area contributed by atoms with Crippen LogP contribution in [0.25, 0.3) is 0 Å². The number of furan rings is 1. The molecule has 2 N–H and O–H groups in total. The molecule has 0 atom stereocenters. The van der Waals surface area contributed by atoms with Crippen molar-refractivity contribution >= 4 is 10.0 Å². The monoisotopic (exact) mass is 297 g/mol. The molecule has 20 heavy (non-hydrogen) atoms. The quantitative estimate of drug-likeness (QED) is 0.838. The average Bonchev–Trinajstić information content (AvgIpc) is 2.97. The summed E-state index contributed by atoms with van der Waals surface area (Å²) in [5.74, 6) is 0.191. The van der Waals surface area contributed by atoms with E-state index >= 15 is 0 Å². The van der Waals surface area contributed by atoms with E-state index < -0.39 is 10.0 Å². The molecule has 0 aliphatic rings. The highest BCUT2D eigenvalue weighted by Crippen LogP contribution is 2.25. The van der Waals surface area contributed by atoms with Crippen LogP contribution in [-0.4, -0.2) is 20.6 Å². The van der Waals surface area contributed by atoms with Crippen molar-refractivity contribution in [1.29, 1.82) is 0 Å². The van der Waals surface area contributed by atoms with E-state index in [1.165, 1.54) is 37.8 Å². The third-order valence-corrected chi connectivity index (χ3v) is 4.19. The number of aliphatic hydroxyl groups is 1. The third-order valence-electron chi connectivity index (χ3n) is 2.75. The van der Waals surface area contributed by atoms with Crippen LogP contribution in [0.4, 0.5) is 0 Å². The van der Waals surface area contributed by atoms with Crippen molar-refractivity contribution in [3.8, 4) is 5.75 Å². The van der Waals surface area contributed by atoms with Crippen molar-refractivity contribution in [2.45, 2.75) is 18.0 Å². The smallest absolute Gasteiger partial charge is 0.244 e. The standard InChI is InChI=1S/C13H15NO5S/c1-18-12-6-10(8-15)2-3-13(12)20(16,17)14-7-11-4-5-19-9-11/h2-6,9,14-15H,7-8H2,1H3. The van der Waals surface area contributed by atoms with Crippen molar-refractivity contribution in [1.82, 2.24) is 4.72 Å². The molecule has 0 saturated heterocycles. The van der Waals surface area contributed by atoms with Gasteiger partial charge in [0, 0.05) is 12.1 Å². The molecule has 1 aromatic carbocycles. The SMILES string of the molecule is COc1cc(CO)ccc1S(=O)(=O)NCc1ccoc1. The Morgan fingerprint density at radius 1 is 1.30 bits per heavy atom. The Labute approximate surface area is 117 Å². The molecule has 2 aromatic rings. The van der Waals surface area contributed by atoms with Gasteiger partial charge >= 0.3 is 0 Å². The molecule has 2 rings (SSSR count). The third kappa shape index (κ3) is 3.19. The summed E-state index contributed by atoms with van der Waals surface area (Å²) in [6, 6.07) is 6.11. The second-order valence-electron chi connectivity index (χ2n) is 4.10. The number of benzene rings is 1. The first-order valence-corrected chi connectivity index (χ1v) is 7.33. The van der Waals surface area contributed by atoms with Crippen LogP contribution in [0.5, 0.6) is 5.75 Å². The molecule has 7 heteroatoms. The molecule has 0 saturated carbocycles. The molecular formula is C13H15NO5S. The largest absolute Gasteiger partial charge is 0.495 e. The summed E-state index contributed by atoms with van der Waals surface area (Å²) >= 11 is 0. The van der Waals surface area contributed by atoms with Crippen molar-refractivity contribution in [3.05, 3.63) is 47.9 Å². The number of nitrogens with one attached hydrogen (secondary N) is 1. The van der Waals surface area contributed by atoms with Crippen LogP contribution in [0.3, 0.4) is 0 Å². The lowest BCUT2D eigenvalue weighted by atomic mass is 10.2. The van der Waals surface area contributed by atoms with E-state index in [2.05, 4.69) is 4.72 Å². The topological polar surface area (TPSA) is 88.8 Å². The lowest BCUT2D eigenvalue weighted by Crippen LogP contribution is -2.23. The zero-order valence-corrected chi connectivity index (χ0v) is 11.7. The molecule has 0 amide bonds. The van der Waals surface area contributed by atoms with Crippen molar-refractivity contribution in [2.24, 2.45) is 0 Å². The summed E-state index contributed by atoms with van der Waals surface area (Å²) in [5, 5.41) is 9.05. The van der Waals surface area contributed by atoms with Gasteiger partial charge in [-0.15, -0.1) is 0 Å². The van der Waals surface area contributed by atoms with Crippen LogP contribution in [0.1, 0.15) is 11.1 Å². The van der Waals surface area contributed by atoms with E-state index in [0.717, 1.165) is 5.56 Å². The molecule has 0 fully saturated rings. The zero-order chi connectivity index (χ0) is 14.6. The van der Waals surface area contributed by atoms with Gasteiger partial charge in [-0.05, 0) is 23.8 Å². The molecule has 0 radical (unpaired) electrons. The second-order valence-corrected chi connectivity index (χ2v) is 5.83. The van der Waals surface area contributed by atoms with E-state index in [0.29, 0.717) is 5.56 Å². The Morgan fingerprint density at radius 2 is 2.10 bits per heavy atom. The number of sulfonamides is 1. The molecule has 0 aliphatic carbocycles. The first-order valence-electron chi connectivity index (χ1n) is 5.85. The van der Waals surface area contributed by atoms with Crippen molar-refractivity contribution in [2.75, 3.05) is 7.11 Å². The van der Waals surface area contributed by atoms with E-state index in [1.807, 2.05) is 0 Å². The van der Waals surface area contributed by atoms with Gasteiger partial charge in [0.05, 0.1) is 26.2 Å². The van der Waals surface area contributed by atoms with Crippen LogP contribution in [0.15, 0.2) is 46.1 Å². The number of hydrogen-bond donors (Lipinski definition) is 2. The number of ether oxygens (including phenoxy) is 1. The molecular weight excluding hydrogens is 282 g/mol. The van der Waals surface area contributed by atoms with Crippen molar-refractivity contribution in [3.63, 3.8) is 0 Å². The van der Waals surface area contributed by atoms with Gasteiger partial charge in [0.2, 0.25) is 10.0 Å². The minimum atomic E-state index is -3.70. The molecule has 0 spiro atoms. The van der Waals surface area contributed by atoms with Crippen LogP contribution in [-0.2, 0) is 23.2 Å². The minimum Gasteiger partial charge on any atom is -0.495 e. The van der Waals surface area contributed by atoms with Crippen molar-refractivity contribution < 1.29 is 22.7 Å². The molecule has 0 unspecified atom stereocenters. The highest BCUT2D eigenvalue weighted by Gasteiger charge is 2.19. The summed E-state index contributed by atoms with van der Waals surface area (Å²) in [4.78, 5) is 0.0284. The molecule has 1 heterocycles. The molecule has 108 valence electrons. The van der Waals surface area contributed by atoms with Crippen LogP contribution in [0, 0.1) is 0 Å². The summed E-state index contributed by atoms with van der Waals surface area (Å²) in [6.07, 6.45) is 2.94. The zero-order valence-electron chi connectivity index (χ0n) is 10.9. The predicted octanol–water partition coefficient (Wildman–Crippen LogP) is 1.26. The maximum Gasteiger partial charge on any atom is 0.244 e. The first kappa shape index (κ1) is 14.6. The Bertz CT molecular complexity index is 664. The Morgan fingerprint density at radius 3 is 2.70 bits per heavy atom. The van der Waals surface area contributed by atoms with Gasteiger partial charge in [0.25, 0.3) is 0 Å². The van der Waals surface area contributed by atoms with E-state index in [4.69, 9.17) is 14.3 Å². The Hall–Kier alpha value is -1.83. The summed E-state index contributed by atoms with van der Waals surface area (Å²) in [6.45, 7) is -0.0527. The Balaban J connectivity index is 2.24. The minimum absolute atomic E-state index is 0.0284. The summed E-state index contributed by atoms with van der Waals surface area (Å²) in [5.41, 5.74) is 1.30. The highest BCUT2D eigenvalue weighted by atomic mass is 32.2. The van der Waals surface area contributed by atoms with Gasteiger partial charge in [-0.3, -0.25) is 0 Å². The maximum absolute atomic E-state index is 12.2. The second kappa shape index (κ2) is 6.08. The lowest BCUT2D eigenvalue weighted by molar-refractivity contribution is 0.280. The van der Waals surface area contributed by atoms with Crippen LogP contribution >= 0.6 is 0 Å². The van der Waals surface area contributed by atoms with Crippen LogP contribution in [0.2, 0.25) is 0 Å². The summed E-state index contributed by atoms with van der Waals surface area (Å²) in [7, 11) is -2.32. The fraction of sp³-hybridized carbons (Fsp3) is 0.231. The van der Waals surface area contributed by atoms with E-state index in [9.17, 15) is 8.42 Å². The molecule has 0 aliphatic heterocycles. The van der Waals surface area contributed by atoms with Gasteiger partial charge in [0.1, 0.15) is 10.6 Å². The lowest BCUT2D eigenvalue weighted by Gasteiger charge is -2.11. The van der Waals surface area contributed by atoms with E-state index in [-0.39, 0.29) is 23.8 Å². The molecule has 1 aromatic heterocycles. The number of aliphatic hydroxyl groups excluding tert-OH is 1. The fourth-order valence-corrected chi connectivity index (χ4v) is 2.85. The van der Waals surface area contributed by atoms with Gasteiger partial charge in [0.15, 0.2) is 0 Å². The van der Waals surface area contributed by atoms with Gasteiger partial charge in [-0.25, -0.2) is 13.1 Å². The number of methoxy groups -OCH3 is 1. The maximum atomic E-state index is 12.2. The normalized spacial score (nSPS) is 11.5. The van der Waals surface area contributed by atoms with Gasteiger partial charge in [-0.1, -0.05) is 6.07 Å². The molecule has 6 nitrogen and oxygen atoms in total. The summed E-state index contributed by atoms with van der Waals surface area (Å²) < 4.78 is 36.8. The van der Waals surface area contributed by atoms with Gasteiger partial charge in [-0.2, -0.15) is 0 Å². The predicted molar refractivity (Wildman–Crippen MR) is 71.7 cm³/mol. The average molecular weight is 297 g/mol. The first-order chi connectivity index (χ1) is 9.56. The van der Waals surface area contributed by atoms with Crippen LogP contribution < -0.4 is 9.46 Å². The number of hydrogen-bond acceptors (Lipinski definition) is 5. The number of rotatable bonds is 6.